The molecule has 1 heterocycles. The topological polar surface area (TPSA) is 92.0 Å². The van der Waals surface area contributed by atoms with Crippen LogP contribution in [0.1, 0.15) is 32.0 Å². The Bertz CT molecular complexity index is 689. The highest BCUT2D eigenvalue weighted by atomic mass is 79.9. The molecule has 2 N–H and O–H groups in total. The number of carbonyl (C=O) groups excluding carboxylic acids is 1. The molecule has 0 aromatic carbocycles. The summed E-state index contributed by atoms with van der Waals surface area (Å²) in [6.07, 6.45) is 1.21. The lowest BCUT2D eigenvalue weighted by atomic mass is 10.1. The Hall–Kier alpha value is -1.44. The molecule has 0 aliphatic heterocycles. The fourth-order valence-corrected chi connectivity index (χ4v) is 2.47. The summed E-state index contributed by atoms with van der Waals surface area (Å²) in [5.41, 5.74) is 0.673. The predicted octanol–water partition coefficient (Wildman–Crippen LogP) is 3.73. The number of aliphatic hydroxyl groups excluding tert-OH is 2. The number of ether oxygens (including phenoxy) is 1. The third-order valence-corrected chi connectivity index (χ3v) is 4.55. The second kappa shape index (κ2) is 9.89. The van der Waals surface area contributed by atoms with Crippen molar-refractivity contribution in [3.8, 4) is 0 Å². The van der Waals surface area contributed by atoms with Crippen LogP contribution in [-0.2, 0) is 9.53 Å². The van der Waals surface area contributed by atoms with Crippen LogP contribution in [0.4, 0.5) is 0 Å². The Morgan fingerprint density at radius 3 is 2.68 bits per heavy atom. The average Bonchev–Trinajstić information content (AvgIpc) is 2.54. The van der Waals surface area contributed by atoms with Crippen LogP contribution >= 0.6 is 27.5 Å². The molecule has 0 spiro atoms. The summed E-state index contributed by atoms with van der Waals surface area (Å²) >= 11 is 9.42. The fraction of sp³-hybridized carbons (Fsp3) is 0.471. The SMILES string of the molecule is CCOC(=O)/C(C=N[C@H](CO)C(C)C)=C(\O)c1cc(Br)c(C)nc1Cl. The molecular weight excluding hydrogens is 412 g/mol. The Labute approximate surface area is 160 Å². The number of aliphatic imine (C=N–C) groups is 1. The zero-order chi connectivity index (χ0) is 19.1. The Morgan fingerprint density at radius 2 is 2.16 bits per heavy atom. The fourth-order valence-electron chi connectivity index (χ4n) is 1.88. The van der Waals surface area contributed by atoms with E-state index >= 15 is 0 Å². The van der Waals surface area contributed by atoms with Gasteiger partial charge >= 0.3 is 5.97 Å². The maximum atomic E-state index is 12.2. The van der Waals surface area contributed by atoms with Crippen LogP contribution in [0.2, 0.25) is 5.15 Å². The number of aliphatic hydroxyl groups is 2. The first kappa shape index (κ1) is 21.6. The van der Waals surface area contributed by atoms with Gasteiger partial charge in [-0.3, -0.25) is 4.99 Å². The number of esters is 1. The number of aromatic nitrogens is 1. The van der Waals surface area contributed by atoms with Crippen molar-refractivity contribution >= 4 is 45.5 Å². The van der Waals surface area contributed by atoms with Crippen molar-refractivity contribution in [3.63, 3.8) is 0 Å². The van der Waals surface area contributed by atoms with E-state index in [0.29, 0.717) is 10.2 Å². The van der Waals surface area contributed by atoms with Crippen LogP contribution in [-0.4, -0.2) is 46.6 Å². The predicted molar refractivity (Wildman–Crippen MR) is 102 cm³/mol. The van der Waals surface area contributed by atoms with Crippen molar-refractivity contribution in [2.75, 3.05) is 13.2 Å². The first-order valence-corrected chi connectivity index (χ1v) is 8.97. The number of rotatable bonds is 7. The quantitative estimate of drug-likeness (QED) is 0.225. The van der Waals surface area contributed by atoms with Crippen molar-refractivity contribution < 1.29 is 19.7 Å². The molecule has 0 fully saturated rings. The number of pyridine rings is 1. The van der Waals surface area contributed by atoms with Crippen LogP contribution in [0.25, 0.3) is 5.76 Å². The molecule has 0 unspecified atom stereocenters. The van der Waals surface area contributed by atoms with Gasteiger partial charge in [-0.15, -0.1) is 0 Å². The first-order chi connectivity index (χ1) is 11.7. The number of carbonyl (C=O) groups is 1. The Balaban J connectivity index is 3.44. The van der Waals surface area contributed by atoms with Crippen molar-refractivity contribution in [2.24, 2.45) is 10.9 Å². The van der Waals surface area contributed by atoms with E-state index in [1.54, 1.807) is 19.9 Å². The second-order valence-corrected chi connectivity index (χ2v) is 6.86. The Morgan fingerprint density at radius 1 is 1.52 bits per heavy atom. The summed E-state index contributed by atoms with van der Waals surface area (Å²) in [7, 11) is 0. The third kappa shape index (κ3) is 5.80. The number of nitrogens with zero attached hydrogens (tertiary/aromatic N) is 2. The molecule has 0 aliphatic rings. The van der Waals surface area contributed by atoms with Crippen LogP contribution in [0.15, 0.2) is 21.1 Å². The van der Waals surface area contributed by atoms with Crippen molar-refractivity contribution in [1.29, 1.82) is 0 Å². The molecule has 1 aromatic rings. The molecule has 138 valence electrons. The van der Waals surface area contributed by atoms with Gasteiger partial charge in [-0.05, 0) is 41.8 Å². The molecule has 0 saturated heterocycles. The molecule has 0 amide bonds. The van der Waals surface area contributed by atoms with Crippen LogP contribution in [0, 0.1) is 12.8 Å². The van der Waals surface area contributed by atoms with Gasteiger partial charge in [-0.1, -0.05) is 25.4 Å². The van der Waals surface area contributed by atoms with Gasteiger partial charge in [0, 0.05) is 10.7 Å². The molecule has 0 aliphatic carbocycles. The third-order valence-electron chi connectivity index (χ3n) is 3.46. The molecule has 25 heavy (non-hydrogen) atoms. The van der Waals surface area contributed by atoms with Gasteiger partial charge in [-0.2, -0.15) is 0 Å². The van der Waals surface area contributed by atoms with Gasteiger partial charge in [0.1, 0.15) is 16.5 Å². The van der Waals surface area contributed by atoms with E-state index < -0.39 is 12.0 Å². The van der Waals surface area contributed by atoms with Gasteiger partial charge in [0.25, 0.3) is 0 Å². The summed E-state index contributed by atoms with van der Waals surface area (Å²) in [5.74, 6) is -1.07. The smallest absolute Gasteiger partial charge is 0.343 e. The normalized spacial score (nSPS) is 13.9. The van der Waals surface area contributed by atoms with Crippen LogP contribution in [0.3, 0.4) is 0 Å². The summed E-state index contributed by atoms with van der Waals surface area (Å²) < 4.78 is 5.61. The maximum absolute atomic E-state index is 12.2. The highest BCUT2D eigenvalue weighted by Gasteiger charge is 2.20. The number of halogens is 2. The van der Waals surface area contributed by atoms with Crippen molar-refractivity contribution in [1.82, 2.24) is 4.98 Å². The van der Waals surface area contributed by atoms with E-state index in [0.717, 1.165) is 0 Å². The second-order valence-electron chi connectivity index (χ2n) is 5.65. The van der Waals surface area contributed by atoms with Gasteiger partial charge in [0.05, 0.1) is 30.5 Å². The van der Waals surface area contributed by atoms with Crippen LogP contribution in [0.5, 0.6) is 0 Å². The van der Waals surface area contributed by atoms with E-state index in [9.17, 15) is 15.0 Å². The summed E-state index contributed by atoms with van der Waals surface area (Å²) in [6.45, 7) is 7.16. The average molecular weight is 434 g/mol. The summed E-state index contributed by atoms with van der Waals surface area (Å²) in [6, 6.07) is 1.16. The lowest BCUT2D eigenvalue weighted by molar-refractivity contribution is -0.137. The Kier molecular flexibility index (Phi) is 8.55. The van der Waals surface area contributed by atoms with Crippen LogP contribution < -0.4 is 0 Å². The van der Waals surface area contributed by atoms with Crippen molar-refractivity contribution in [2.45, 2.75) is 33.7 Å². The molecule has 0 radical (unpaired) electrons. The summed E-state index contributed by atoms with van der Waals surface area (Å²) in [5, 5.41) is 20.0. The maximum Gasteiger partial charge on any atom is 0.343 e. The minimum Gasteiger partial charge on any atom is -0.506 e. The molecule has 0 saturated carbocycles. The lowest BCUT2D eigenvalue weighted by Crippen LogP contribution is -2.19. The van der Waals surface area contributed by atoms with Gasteiger partial charge in [-0.25, -0.2) is 9.78 Å². The molecule has 1 aromatic heterocycles. The van der Waals surface area contributed by atoms with E-state index in [1.807, 2.05) is 13.8 Å². The largest absolute Gasteiger partial charge is 0.506 e. The zero-order valence-corrected chi connectivity index (χ0v) is 16.9. The van der Waals surface area contributed by atoms with Gasteiger partial charge in [0.2, 0.25) is 0 Å². The van der Waals surface area contributed by atoms with Gasteiger partial charge < -0.3 is 14.9 Å². The molecule has 0 bridgehead atoms. The first-order valence-electron chi connectivity index (χ1n) is 7.80. The molecule has 1 rings (SSSR count). The zero-order valence-electron chi connectivity index (χ0n) is 14.6. The highest BCUT2D eigenvalue weighted by molar-refractivity contribution is 9.10. The van der Waals surface area contributed by atoms with E-state index in [1.165, 1.54) is 6.21 Å². The monoisotopic (exact) mass is 432 g/mol. The lowest BCUT2D eigenvalue weighted by Gasteiger charge is -2.14. The van der Waals surface area contributed by atoms with Crippen molar-refractivity contribution in [3.05, 3.63) is 32.5 Å². The van der Waals surface area contributed by atoms with Gasteiger partial charge in [0.15, 0.2) is 0 Å². The number of hydrogen-bond donors (Lipinski definition) is 2. The van der Waals surface area contributed by atoms with E-state index in [2.05, 4.69) is 25.9 Å². The molecule has 6 nitrogen and oxygen atoms in total. The minimum atomic E-state index is -0.739. The van der Waals surface area contributed by atoms with E-state index in [4.69, 9.17) is 16.3 Å². The minimum absolute atomic E-state index is 0.0518. The molecule has 1 atom stereocenters. The number of hydrogen-bond acceptors (Lipinski definition) is 6. The summed E-state index contributed by atoms with van der Waals surface area (Å²) in [4.78, 5) is 20.5. The van der Waals surface area contributed by atoms with E-state index in [-0.39, 0.29) is 41.2 Å². The molecule has 8 heteroatoms. The number of aryl methyl sites for hydroxylation is 1. The highest BCUT2D eigenvalue weighted by Crippen LogP contribution is 2.28. The molecular formula is C17H22BrClN2O4. The standard InChI is InChI=1S/C17H22BrClN2O4/c1-5-25-17(24)12(7-20-14(8-22)9(2)3)15(23)11-6-13(18)10(4)21-16(11)19/h6-7,9,14,22-23H,5,8H2,1-4H3/b15-12-,20-7?/t14-/m1/s1.